The summed E-state index contributed by atoms with van der Waals surface area (Å²) >= 11 is 0. The summed E-state index contributed by atoms with van der Waals surface area (Å²) in [6.45, 7) is 1.14. The molecular formula is C23H22N2O2. The van der Waals surface area contributed by atoms with Crippen LogP contribution in [0, 0.1) is 5.92 Å². The van der Waals surface area contributed by atoms with Crippen LogP contribution in [0.1, 0.15) is 23.2 Å². The summed E-state index contributed by atoms with van der Waals surface area (Å²) in [6, 6.07) is 23.1. The summed E-state index contributed by atoms with van der Waals surface area (Å²) in [6.07, 6.45) is 1.66. The molecule has 1 atom stereocenters. The highest BCUT2D eigenvalue weighted by Gasteiger charge is 2.29. The molecule has 27 heavy (non-hydrogen) atoms. The number of ketones is 1. The second-order valence-electron chi connectivity index (χ2n) is 7.01. The summed E-state index contributed by atoms with van der Waals surface area (Å²) in [7, 11) is 0. The minimum Gasteiger partial charge on any atom is -0.324 e. The SMILES string of the molecule is O=C(c1ccc2ccccc2c1)C1CCCN(C(=O)Nc2ccccc2)C1. The Morgan fingerprint density at radius 3 is 2.44 bits per heavy atom. The quantitative estimate of drug-likeness (QED) is 0.672. The van der Waals surface area contributed by atoms with E-state index < -0.39 is 0 Å². The Balaban J connectivity index is 1.46. The molecule has 0 saturated carbocycles. The highest BCUT2D eigenvalue weighted by Crippen LogP contribution is 2.24. The van der Waals surface area contributed by atoms with E-state index in [1.54, 1.807) is 4.90 Å². The fourth-order valence-corrected chi connectivity index (χ4v) is 3.68. The lowest BCUT2D eigenvalue weighted by Crippen LogP contribution is -2.44. The number of urea groups is 1. The Labute approximate surface area is 158 Å². The molecule has 0 aromatic heterocycles. The Hall–Kier alpha value is -3.14. The molecule has 1 saturated heterocycles. The molecule has 1 heterocycles. The molecule has 1 fully saturated rings. The lowest BCUT2D eigenvalue weighted by molar-refractivity contribution is 0.0851. The van der Waals surface area contributed by atoms with Crippen LogP contribution >= 0.6 is 0 Å². The monoisotopic (exact) mass is 358 g/mol. The van der Waals surface area contributed by atoms with Gasteiger partial charge in [-0.2, -0.15) is 0 Å². The number of carbonyl (C=O) groups is 2. The summed E-state index contributed by atoms with van der Waals surface area (Å²) in [4.78, 5) is 27.3. The predicted molar refractivity (Wildman–Crippen MR) is 108 cm³/mol. The highest BCUT2D eigenvalue weighted by molar-refractivity contribution is 6.01. The number of benzene rings is 3. The van der Waals surface area contributed by atoms with Gasteiger partial charge in [-0.3, -0.25) is 4.79 Å². The third-order valence-corrected chi connectivity index (χ3v) is 5.14. The molecule has 2 amide bonds. The third-order valence-electron chi connectivity index (χ3n) is 5.14. The average molecular weight is 358 g/mol. The van der Waals surface area contributed by atoms with Gasteiger partial charge in [0, 0.05) is 30.3 Å². The second-order valence-corrected chi connectivity index (χ2v) is 7.01. The number of anilines is 1. The molecule has 4 heteroatoms. The van der Waals surface area contributed by atoms with Crippen molar-refractivity contribution in [2.24, 2.45) is 5.92 Å². The molecule has 1 aliphatic rings. The van der Waals surface area contributed by atoms with E-state index in [9.17, 15) is 9.59 Å². The zero-order chi connectivity index (χ0) is 18.6. The maximum Gasteiger partial charge on any atom is 0.321 e. The largest absolute Gasteiger partial charge is 0.324 e. The van der Waals surface area contributed by atoms with Crippen molar-refractivity contribution >= 4 is 28.3 Å². The van der Waals surface area contributed by atoms with Crippen molar-refractivity contribution in [3.05, 3.63) is 78.4 Å². The number of hydrogen-bond acceptors (Lipinski definition) is 2. The maximum atomic E-state index is 13.0. The van der Waals surface area contributed by atoms with Gasteiger partial charge in [0.25, 0.3) is 0 Å². The molecule has 0 radical (unpaired) electrons. The molecule has 1 N–H and O–H groups in total. The summed E-state index contributed by atoms with van der Waals surface area (Å²) < 4.78 is 0. The van der Waals surface area contributed by atoms with Crippen LogP contribution in [0.4, 0.5) is 10.5 Å². The summed E-state index contributed by atoms with van der Waals surface area (Å²) in [5.41, 5.74) is 1.49. The molecule has 4 nitrogen and oxygen atoms in total. The zero-order valence-electron chi connectivity index (χ0n) is 15.1. The van der Waals surface area contributed by atoms with E-state index in [-0.39, 0.29) is 17.7 Å². The van der Waals surface area contributed by atoms with Crippen LogP contribution < -0.4 is 5.32 Å². The van der Waals surface area contributed by atoms with Crippen LogP contribution in [0.25, 0.3) is 10.8 Å². The van der Waals surface area contributed by atoms with Crippen LogP contribution in [0.5, 0.6) is 0 Å². The van der Waals surface area contributed by atoms with Crippen molar-refractivity contribution < 1.29 is 9.59 Å². The molecule has 1 aliphatic heterocycles. The van der Waals surface area contributed by atoms with Crippen molar-refractivity contribution in [2.75, 3.05) is 18.4 Å². The first-order valence-electron chi connectivity index (χ1n) is 9.35. The van der Waals surface area contributed by atoms with Crippen molar-refractivity contribution in [1.82, 2.24) is 4.90 Å². The molecule has 3 aromatic carbocycles. The molecule has 1 unspecified atom stereocenters. The first kappa shape index (κ1) is 17.3. The van der Waals surface area contributed by atoms with E-state index in [4.69, 9.17) is 0 Å². The van der Waals surface area contributed by atoms with Gasteiger partial charge < -0.3 is 10.2 Å². The minimum absolute atomic E-state index is 0.123. The standard InChI is InChI=1S/C23H22N2O2/c26-22(19-13-12-17-7-4-5-8-18(17)15-19)20-9-6-14-25(16-20)23(27)24-21-10-2-1-3-11-21/h1-5,7-8,10-13,15,20H,6,9,14,16H2,(H,24,27). The van der Waals surface area contributed by atoms with E-state index >= 15 is 0 Å². The van der Waals surface area contributed by atoms with Crippen LogP contribution in [0.3, 0.4) is 0 Å². The molecule has 136 valence electrons. The number of piperidine rings is 1. The third kappa shape index (κ3) is 3.85. The number of nitrogens with one attached hydrogen (secondary N) is 1. The Morgan fingerprint density at radius 1 is 0.889 bits per heavy atom. The van der Waals surface area contributed by atoms with E-state index in [2.05, 4.69) is 5.32 Å². The number of Topliss-reactive ketones (excluding diaryl/α,β-unsaturated/α-hetero) is 1. The van der Waals surface area contributed by atoms with Crippen LogP contribution in [-0.4, -0.2) is 29.8 Å². The van der Waals surface area contributed by atoms with E-state index in [0.29, 0.717) is 13.1 Å². The average Bonchev–Trinajstić information content (AvgIpc) is 2.73. The van der Waals surface area contributed by atoms with Crippen LogP contribution in [0.15, 0.2) is 72.8 Å². The number of para-hydroxylation sites is 1. The smallest absolute Gasteiger partial charge is 0.321 e. The number of fused-ring (bicyclic) bond motifs is 1. The lowest BCUT2D eigenvalue weighted by Gasteiger charge is -2.32. The fourth-order valence-electron chi connectivity index (χ4n) is 3.68. The maximum absolute atomic E-state index is 13.0. The van der Waals surface area contributed by atoms with Gasteiger partial charge in [0.1, 0.15) is 0 Å². The van der Waals surface area contributed by atoms with Gasteiger partial charge in [0.2, 0.25) is 0 Å². The van der Waals surface area contributed by atoms with Gasteiger partial charge in [-0.1, -0.05) is 54.6 Å². The molecule has 4 rings (SSSR count). The van der Waals surface area contributed by atoms with E-state index in [0.717, 1.165) is 34.9 Å². The van der Waals surface area contributed by atoms with Gasteiger partial charge in [-0.05, 0) is 41.8 Å². The highest BCUT2D eigenvalue weighted by atomic mass is 16.2. The Bertz CT molecular complexity index is 968. The number of likely N-dealkylation sites (tertiary alicyclic amines) is 1. The topological polar surface area (TPSA) is 49.4 Å². The van der Waals surface area contributed by atoms with Gasteiger partial charge in [-0.25, -0.2) is 4.79 Å². The summed E-state index contributed by atoms with van der Waals surface area (Å²) in [5.74, 6) is -0.0283. The van der Waals surface area contributed by atoms with E-state index in [1.807, 2.05) is 72.8 Å². The number of rotatable bonds is 3. The van der Waals surface area contributed by atoms with Gasteiger partial charge >= 0.3 is 6.03 Å². The molecule has 0 bridgehead atoms. The van der Waals surface area contributed by atoms with Crippen LogP contribution in [-0.2, 0) is 0 Å². The minimum atomic E-state index is -0.151. The lowest BCUT2D eigenvalue weighted by atomic mass is 9.89. The van der Waals surface area contributed by atoms with Crippen molar-refractivity contribution in [1.29, 1.82) is 0 Å². The second kappa shape index (κ2) is 7.62. The molecule has 0 aliphatic carbocycles. The number of carbonyl (C=O) groups excluding carboxylic acids is 2. The number of nitrogens with zero attached hydrogens (tertiary/aromatic N) is 1. The van der Waals surface area contributed by atoms with Crippen molar-refractivity contribution in [3.63, 3.8) is 0 Å². The first-order chi connectivity index (χ1) is 13.2. The van der Waals surface area contributed by atoms with Gasteiger partial charge in [-0.15, -0.1) is 0 Å². The van der Waals surface area contributed by atoms with Gasteiger partial charge in [0.05, 0.1) is 0 Å². The first-order valence-corrected chi connectivity index (χ1v) is 9.35. The summed E-state index contributed by atoms with van der Waals surface area (Å²) in [5, 5.41) is 5.10. The van der Waals surface area contributed by atoms with Crippen LogP contribution in [0.2, 0.25) is 0 Å². The Morgan fingerprint density at radius 2 is 1.63 bits per heavy atom. The van der Waals surface area contributed by atoms with Crippen molar-refractivity contribution in [2.45, 2.75) is 12.8 Å². The predicted octanol–water partition coefficient (Wildman–Crippen LogP) is 4.97. The van der Waals surface area contributed by atoms with E-state index in [1.165, 1.54) is 0 Å². The fraction of sp³-hybridized carbons (Fsp3) is 0.217. The Kier molecular flexibility index (Phi) is 4.88. The number of amides is 2. The van der Waals surface area contributed by atoms with Crippen molar-refractivity contribution in [3.8, 4) is 0 Å². The number of hydrogen-bond donors (Lipinski definition) is 1. The molecule has 3 aromatic rings. The van der Waals surface area contributed by atoms with Gasteiger partial charge in [0.15, 0.2) is 5.78 Å². The molecular weight excluding hydrogens is 336 g/mol. The molecule has 0 spiro atoms. The zero-order valence-corrected chi connectivity index (χ0v) is 15.1. The normalized spacial score (nSPS) is 16.9.